The third-order valence-electron chi connectivity index (χ3n) is 17.3. The fourth-order valence-corrected chi connectivity index (χ4v) is 12.8. The number of para-hydroxylation sites is 4. The number of nitrogens with two attached hydrogens (primary N) is 1. The first-order valence-corrected chi connectivity index (χ1v) is 32.2. The topological polar surface area (TPSA) is 237 Å². The van der Waals surface area contributed by atoms with Crippen molar-refractivity contribution in [1.82, 2.24) is 34.9 Å². The van der Waals surface area contributed by atoms with Gasteiger partial charge in [0.15, 0.2) is 17.2 Å². The van der Waals surface area contributed by atoms with Crippen molar-refractivity contribution in [2.75, 3.05) is 41.5 Å². The lowest BCUT2D eigenvalue weighted by molar-refractivity contribution is 0.101. The minimum Gasteiger partial charge on any atom is -0.486 e. The lowest BCUT2D eigenvalue weighted by Gasteiger charge is -2.16. The molecule has 2 aliphatic rings. The lowest BCUT2D eigenvalue weighted by Crippen LogP contribution is -2.15. The number of pyridine rings is 3. The summed E-state index contributed by atoms with van der Waals surface area (Å²) in [6.45, 7) is 12.0. The highest BCUT2D eigenvalue weighted by molar-refractivity contribution is 6.15. The van der Waals surface area contributed by atoms with Crippen LogP contribution in [-0.2, 0) is 0 Å². The van der Waals surface area contributed by atoms with E-state index in [1.54, 1.807) is 55.0 Å². The molecule has 7 N–H and O–H groups in total. The van der Waals surface area contributed by atoms with Gasteiger partial charge in [0.1, 0.15) is 36.4 Å². The number of anilines is 4. The number of carbonyl (C=O) groups excluding carboxylic acids is 3. The molecule has 17 nitrogen and oxygen atoms in total. The Morgan fingerprint density at radius 2 is 0.670 bits per heavy atom. The molecule has 0 atom stereocenters. The van der Waals surface area contributed by atoms with Crippen LogP contribution < -0.4 is 35.9 Å². The number of benzene rings is 7. The minimum atomic E-state index is -0.451. The molecule has 0 saturated heterocycles. The Morgan fingerprint density at radius 3 is 0.990 bits per heavy atom. The summed E-state index contributed by atoms with van der Waals surface area (Å²) in [6, 6.07) is 60.1. The quantitative estimate of drug-likeness (QED) is 0.0328. The third kappa shape index (κ3) is 11.8. The average Bonchev–Trinajstić information content (AvgIpc) is 1.57. The van der Waals surface area contributed by atoms with Gasteiger partial charge in [0.05, 0.1) is 39.5 Å². The van der Waals surface area contributed by atoms with Crippen LogP contribution in [0, 0.1) is 0 Å². The molecule has 7 aromatic carbocycles. The molecule has 0 saturated carbocycles. The summed E-state index contributed by atoms with van der Waals surface area (Å²) in [5.41, 5.74) is 21.0. The summed E-state index contributed by atoms with van der Waals surface area (Å²) in [5.74, 6) is -0.388. The van der Waals surface area contributed by atoms with Gasteiger partial charge in [-0.05, 0) is 109 Å². The minimum absolute atomic E-state index is 0.130. The van der Waals surface area contributed by atoms with E-state index in [0.29, 0.717) is 146 Å². The van der Waals surface area contributed by atoms with E-state index in [0.717, 1.165) is 16.2 Å². The van der Waals surface area contributed by atoms with Crippen LogP contribution in [0.25, 0.3) is 124 Å². The standard InChI is InChI=1S/C83H61N11O6/c1-4-46-98-78-56(32-29-49-18-15-43-85-75(49)78)81(95)92-60-26-12-8-22-53(60)72-65-37-35-63(88-65)71(52-21-7-11-25-59(52)84)64-36-38-66(89-64)73(54-23-9-13-27-61(54)93-82(96)57-33-30-50-19-16-44-86-76(50)79(57)99-47-5-2)68-40-42-70(91-68)74(69-41-39-67(72)90-69)55-24-10-14-28-62(55)94-83(97)58-34-31-51-20-17-45-87-77(51)80(58)100-48-6-3/h4-45,88,91H,1-3,46-48,84H2,(H,92,95)(H,93,96)(H,94,97). The van der Waals surface area contributed by atoms with Gasteiger partial charge in [0.2, 0.25) is 0 Å². The molecule has 6 aromatic heterocycles. The van der Waals surface area contributed by atoms with Gasteiger partial charge in [-0.15, -0.1) is 0 Å². The SMILES string of the molecule is C=CCOc1c(C(=O)Nc2ccccc2-c2c3nc(c(-c4ccccc4NC(=O)c4ccc5cccnc5c4OCC=C)c4ccc([nH]4)c(-c4ccccc4NC(=O)c4ccc5cccnc5c4OCC=C)c4nc(c(-c5ccccc5N)c5ccc2[nH]5)C=C4)C=C3)ccc2cccnc12. The summed E-state index contributed by atoms with van der Waals surface area (Å²) in [6.07, 6.45) is 17.6. The number of amides is 3. The van der Waals surface area contributed by atoms with E-state index < -0.39 is 17.7 Å². The van der Waals surface area contributed by atoms with Crippen LogP contribution in [0.5, 0.6) is 17.2 Å². The number of nitrogens with zero attached hydrogens (tertiary/aromatic N) is 5. The molecule has 0 fully saturated rings. The smallest absolute Gasteiger partial charge is 0.259 e. The second kappa shape index (κ2) is 27.1. The molecule has 0 radical (unpaired) electrons. The molecule has 17 heteroatoms. The number of hydrogen-bond acceptors (Lipinski definition) is 12. The zero-order chi connectivity index (χ0) is 68.2. The molecule has 15 rings (SSSR count). The highest BCUT2D eigenvalue weighted by Gasteiger charge is 2.27. The van der Waals surface area contributed by atoms with Gasteiger partial charge in [-0.25, -0.2) is 9.97 Å². The number of ether oxygens (including phenoxy) is 3. The lowest BCUT2D eigenvalue weighted by atomic mass is 10.0. The van der Waals surface area contributed by atoms with E-state index in [4.69, 9.17) is 29.9 Å². The van der Waals surface area contributed by atoms with Crippen LogP contribution in [0.4, 0.5) is 22.7 Å². The molecule has 13 aromatic rings. The van der Waals surface area contributed by atoms with Crippen LogP contribution in [0.15, 0.2) is 251 Å². The number of fused-ring (bicyclic) bond motifs is 11. The molecule has 0 unspecified atom stereocenters. The van der Waals surface area contributed by atoms with Gasteiger partial charge < -0.3 is 45.9 Å². The molecule has 0 aliphatic carbocycles. The summed E-state index contributed by atoms with van der Waals surface area (Å²) in [7, 11) is 0. The van der Waals surface area contributed by atoms with Crippen molar-refractivity contribution >= 4 is 120 Å². The van der Waals surface area contributed by atoms with Gasteiger partial charge in [0.25, 0.3) is 17.7 Å². The molecular formula is C83H61N11O6. The van der Waals surface area contributed by atoms with Crippen LogP contribution in [0.3, 0.4) is 0 Å². The van der Waals surface area contributed by atoms with Crippen LogP contribution in [0.2, 0.25) is 0 Å². The maximum atomic E-state index is 15.1. The van der Waals surface area contributed by atoms with Gasteiger partial charge in [-0.3, -0.25) is 29.3 Å². The summed E-state index contributed by atoms with van der Waals surface area (Å²) < 4.78 is 18.6. The van der Waals surface area contributed by atoms with Crippen molar-refractivity contribution in [1.29, 1.82) is 0 Å². The first-order valence-electron chi connectivity index (χ1n) is 32.2. The van der Waals surface area contributed by atoms with Gasteiger partial charge in [-0.1, -0.05) is 147 Å². The number of carbonyl (C=O) groups is 3. The second-order valence-electron chi connectivity index (χ2n) is 23.4. The number of aromatic nitrogens is 7. The highest BCUT2D eigenvalue weighted by Crippen LogP contribution is 2.44. The first-order chi connectivity index (χ1) is 49.1. The molecule has 2 aliphatic heterocycles. The maximum absolute atomic E-state index is 15.1. The Hall–Kier alpha value is -13.8. The highest BCUT2D eigenvalue weighted by atomic mass is 16.5. The molecular weight excluding hydrogens is 1250 g/mol. The molecule has 8 bridgehead atoms. The fourth-order valence-electron chi connectivity index (χ4n) is 12.8. The number of aromatic amines is 2. The second-order valence-corrected chi connectivity index (χ2v) is 23.4. The number of H-pyrrole nitrogens is 2. The van der Waals surface area contributed by atoms with Crippen LogP contribution in [0.1, 0.15) is 53.8 Å². The predicted octanol–water partition coefficient (Wildman–Crippen LogP) is 18.0. The summed E-state index contributed by atoms with van der Waals surface area (Å²) >= 11 is 0. The van der Waals surface area contributed by atoms with E-state index in [9.17, 15) is 9.59 Å². The zero-order valence-electron chi connectivity index (χ0n) is 53.8. The van der Waals surface area contributed by atoms with Gasteiger partial charge in [-0.2, -0.15) is 0 Å². The van der Waals surface area contributed by atoms with Crippen molar-refractivity contribution in [3.05, 3.63) is 290 Å². The van der Waals surface area contributed by atoms with Crippen LogP contribution >= 0.6 is 0 Å². The number of nitrogen functional groups attached to an aromatic ring is 1. The van der Waals surface area contributed by atoms with Gasteiger partial charge in [0, 0.05) is 124 Å². The largest absolute Gasteiger partial charge is 0.486 e. The Bertz CT molecular complexity index is 5640. The fraction of sp³-hybridized carbons (Fsp3) is 0.0361. The van der Waals surface area contributed by atoms with Crippen LogP contribution in [-0.4, -0.2) is 72.4 Å². The zero-order valence-corrected chi connectivity index (χ0v) is 53.8. The number of hydrogen-bond donors (Lipinski definition) is 6. The Labute approximate surface area is 573 Å². The maximum Gasteiger partial charge on any atom is 0.259 e. The Balaban J connectivity index is 0.981. The van der Waals surface area contributed by atoms with E-state index in [-0.39, 0.29) is 36.5 Å². The third-order valence-corrected chi connectivity index (χ3v) is 17.3. The van der Waals surface area contributed by atoms with Crippen molar-refractivity contribution in [2.24, 2.45) is 0 Å². The molecule has 100 heavy (non-hydrogen) atoms. The first kappa shape index (κ1) is 62.3. The number of nitrogens with one attached hydrogen (secondary N) is 5. The van der Waals surface area contributed by atoms with E-state index >= 15 is 4.79 Å². The summed E-state index contributed by atoms with van der Waals surface area (Å²) in [5, 5.41) is 12.2. The molecule has 484 valence electrons. The predicted molar refractivity (Wildman–Crippen MR) is 401 cm³/mol. The summed E-state index contributed by atoms with van der Waals surface area (Å²) in [4.78, 5) is 77.7. The van der Waals surface area contributed by atoms with Crippen molar-refractivity contribution in [3.63, 3.8) is 0 Å². The normalized spacial score (nSPS) is 11.5. The van der Waals surface area contributed by atoms with Gasteiger partial charge >= 0.3 is 0 Å². The molecule has 0 spiro atoms. The van der Waals surface area contributed by atoms with E-state index in [1.807, 2.05) is 200 Å². The number of rotatable bonds is 19. The Morgan fingerprint density at radius 1 is 0.370 bits per heavy atom. The van der Waals surface area contributed by atoms with Crippen molar-refractivity contribution in [2.45, 2.75) is 0 Å². The molecule has 3 amide bonds. The Kier molecular flexibility index (Phi) is 16.9. The molecule has 8 heterocycles. The van der Waals surface area contributed by atoms with Crippen molar-refractivity contribution in [3.8, 4) is 61.8 Å². The monoisotopic (exact) mass is 1310 g/mol. The average molecular weight is 1310 g/mol. The van der Waals surface area contributed by atoms with Crippen molar-refractivity contribution < 1.29 is 28.6 Å². The van der Waals surface area contributed by atoms with E-state index in [2.05, 4.69) is 60.6 Å². The van der Waals surface area contributed by atoms with E-state index in [1.165, 1.54) is 0 Å².